The second kappa shape index (κ2) is 13.5. The van der Waals surface area contributed by atoms with Crippen LogP contribution < -0.4 is 15.8 Å². The Bertz CT molecular complexity index is 1660. The number of H-pyrrole nitrogens is 1. The van der Waals surface area contributed by atoms with E-state index in [9.17, 15) is 9.59 Å². The number of urea groups is 1. The van der Waals surface area contributed by atoms with Crippen molar-refractivity contribution in [3.63, 3.8) is 0 Å². The molecule has 0 saturated carbocycles. The number of aliphatic hydroxyl groups excluding tert-OH is 1. The van der Waals surface area contributed by atoms with Crippen LogP contribution in [-0.4, -0.2) is 34.3 Å². The molecule has 2 amide bonds. The molecular formula is C35H40N4O3. The average Bonchev–Trinajstić information content (AvgIpc) is 2.96. The van der Waals surface area contributed by atoms with Gasteiger partial charge in [0.15, 0.2) is 0 Å². The van der Waals surface area contributed by atoms with Gasteiger partial charge in [-0.05, 0) is 88.9 Å². The fourth-order valence-electron chi connectivity index (χ4n) is 4.94. The topological polar surface area (TPSA) is 98.3 Å². The average molecular weight is 565 g/mol. The summed E-state index contributed by atoms with van der Waals surface area (Å²) in [5.41, 5.74) is 6.09. The molecule has 0 atom stereocenters. The molecule has 0 spiro atoms. The van der Waals surface area contributed by atoms with E-state index < -0.39 is 0 Å². The van der Waals surface area contributed by atoms with Gasteiger partial charge in [0, 0.05) is 29.4 Å². The Kier molecular flexibility index (Phi) is 9.82. The molecule has 0 saturated heterocycles. The van der Waals surface area contributed by atoms with Gasteiger partial charge in [0.1, 0.15) is 17.9 Å². The summed E-state index contributed by atoms with van der Waals surface area (Å²) < 4.78 is 0. The number of pyridine rings is 2. The smallest absolute Gasteiger partial charge is 0.326 e. The summed E-state index contributed by atoms with van der Waals surface area (Å²) >= 11 is 0. The number of anilines is 2. The number of hydrogen-bond acceptors (Lipinski definition) is 4. The van der Waals surface area contributed by atoms with Gasteiger partial charge < -0.3 is 15.4 Å². The number of aromatic nitrogens is 2. The first kappa shape index (κ1) is 30.5. The number of aromatic amines is 1. The highest BCUT2D eigenvalue weighted by Crippen LogP contribution is 2.38. The second-order valence-electron chi connectivity index (χ2n) is 11.6. The van der Waals surface area contributed by atoms with E-state index in [2.05, 4.69) is 80.8 Å². The Morgan fingerprint density at radius 2 is 1.69 bits per heavy atom. The fraction of sp³-hybridized carbons (Fsp3) is 0.343. The summed E-state index contributed by atoms with van der Waals surface area (Å²) in [5, 5.41) is 13.1. The van der Waals surface area contributed by atoms with E-state index in [1.54, 1.807) is 17.2 Å². The van der Waals surface area contributed by atoms with Crippen molar-refractivity contribution in [2.24, 2.45) is 5.92 Å². The SMILES string of the molecule is CC(C)CCN(C(=O)Nc1c(C(C)C)cc(-c2cccc(C#CCO)c2)cc1C(C)C)c1cc2cccnc2[nH]c1=O. The summed E-state index contributed by atoms with van der Waals surface area (Å²) in [4.78, 5) is 35.9. The molecule has 3 N–H and O–H groups in total. The minimum atomic E-state index is -0.354. The maximum atomic E-state index is 14.1. The number of nitrogens with zero attached hydrogens (tertiary/aromatic N) is 2. The predicted octanol–water partition coefficient (Wildman–Crippen LogP) is 7.27. The number of nitrogens with one attached hydrogen (secondary N) is 2. The molecule has 7 nitrogen and oxygen atoms in total. The van der Waals surface area contributed by atoms with Gasteiger partial charge in [0.25, 0.3) is 5.56 Å². The molecule has 218 valence electrons. The molecule has 0 unspecified atom stereocenters. The Balaban J connectivity index is 1.80. The molecule has 7 heteroatoms. The van der Waals surface area contributed by atoms with Crippen molar-refractivity contribution in [3.05, 3.63) is 87.8 Å². The van der Waals surface area contributed by atoms with Crippen molar-refractivity contribution in [2.75, 3.05) is 23.4 Å². The van der Waals surface area contributed by atoms with E-state index >= 15 is 0 Å². The lowest BCUT2D eigenvalue weighted by Crippen LogP contribution is -2.40. The number of aliphatic hydroxyl groups is 1. The minimum Gasteiger partial charge on any atom is -0.384 e. The Morgan fingerprint density at radius 1 is 0.976 bits per heavy atom. The number of carbonyl (C=O) groups is 1. The number of amides is 2. The highest BCUT2D eigenvalue weighted by Gasteiger charge is 2.24. The van der Waals surface area contributed by atoms with Crippen LogP contribution in [0.5, 0.6) is 0 Å². The summed E-state index contributed by atoms with van der Waals surface area (Å²) in [6.07, 6.45) is 2.37. The van der Waals surface area contributed by atoms with E-state index in [0.717, 1.165) is 45.3 Å². The van der Waals surface area contributed by atoms with Crippen molar-refractivity contribution in [3.8, 4) is 23.0 Å². The number of rotatable bonds is 8. The van der Waals surface area contributed by atoms with Crippen LogP contribution in [-0.2, 0) is 0 Å². The number of carbonyl (C=O) groups excluding carboxylic acids is 1. The monoisotopic (exact) mass is 564 g/mol. The van der Waals surface area contributed by atoms with Crippen LogP contribution in [0, 0.1) is 17.8 Å². The molecule has 4 rings (SSSR count). The van der Waals surface area contributed by atoms with E-state index in [1.807, 2.05) is 36.4 Å². The molecule has 2 aromatic heterocycles. The lowest BCUT2D eigenvalue weighted by atomic mass is 9.88. The summed E-state index contributed by atoms with van der Waals surface area (Å²) in [6.45, 7) is 12.8. The van der Waals surface area contributed by atoms with Gasteiger partial charge in [-0.2, -0.15) is 0 Å². The fourth-order valence-corrected chi connectivity index (χ4v) is 4.94. The summed E-state index contributed by atoms with van der Waals surface area (Å²) in [6, 6.07) is 17.3. The Morgan fingerprint density at radius 3 is 2.33 bits per heavy atom. The molecular weight excluding hydrogens is 524 g/mol. The van der Waals surface area contributed by atoms with E-state index in [4.69, 9.17) is 5.11 Å². The molecule has 0 radical (unpaired) electrons. The molecule has 0 bridgehead atoms. The van der Waals surface area contributed by atoms with E-state index in [-0.39, 0.29) is 30.0 Å². The standard InChI is InChI=1S/C35H40N4O3/c1-22(2)14-16-39(31-21-27-13-8-15-36-33(27)38-34(31)41)35(42)37-32-29(23(3)4)19-28(20-30(32)24(5)6)26-12-7-10-25(18-26)11-9-17-40/h7-8,10,12-13,15,18-24,40H,14,16-17H2,1-6H3,(H,37,42)(H,36,38,41). The Hall–Kier alpha value is -4.41. The van der Waals surface area contributed by atoms with Crippen LogP contribution in [0.3, 0.4) is 0 Å². The molecule has 2 heterocycles. The highest BCUT2D eigenvalue weighted by molar-refractivity contribution is 6.03. The van der Waals surface area contributed by atoms with Gasteiger partial charge in [-0.3, -0.25) is 9.69 Å². The van der Waals surface area contributed by atoms with Crippen LogP contribution in [0.2, 0.25) is 0 Å². The molecule has 0 aliphatic carbocycles. The molecule has 2 aromatic carbocycles. The van der Waals surface area contributed by atoms with E-state index in [0.29, 0.717) is 23.8 Å². The van der Waals surface area contributed by atoms with Gasteiger partial charge >= 0.3 is 6.03 Å². The van der Waals surface area contributed by atoms with Crippen molar-refractivity contribution in [1.82, 2.24) is 9.97 Å². The van der Waals surface area contributed by atoms with Crippen LogP contribution in [0.15, 0.2) is 65.6 Å². The number of fused-ring (bicyclic) bond motifs is 1. The van der Waals surface area contributed by atoms with Crippen LogP contribution in [0.25, 0.3) is 22.2 Å². The third kappa shape index (κ3) is 7.07. The van der Waals surface area contributed by atoms with Gasteiger partial charge in [-0.15, -0.1) is 0 Å². The number of hydrogen-bond donors (Lipinski definition) is 3. The van der Waals surface area contributed by atoms with Crippen molar-refractivity contribution in [1.29, 1.82) is 0 Å². The largest absolute Gasteiger partial charge is 0.384 e. The van der Waals surface area contributed by atoms with Crippen LogP contribution >= 0.6 is 0 Å². The van der Waals surface area contributed by atoms with Crippen molar-refractivity contribution >= 4 is 28.4 Å². The highest BCUT2D eigenvalue weighted by atomic mass is 16.2. The first-order valence-electron chi connectivity index (χ1n) is 14.5. The second-order valence-corrected chi connectivity index (χ2v) is 11.6. The van der Waals surface area contributed by atoms with Gasteiger partial charge in [0.2, 0.25) is 0 Å². The van der Waals surface area contributed by atoms with Crippen molar-refractivity contribution in [2.45, 2.75) is 59.8 Å². The van der Waals surface area contributed by atoms with Crippen molar-refractivity contribution < 1.29 is 9.90 Å². The molecule has 0 aliphatic rings. The van der Waals surface area contributed by atoms with Gasteiger partial charge in [0.05, 0.1) is 0 Å². The molecule has 0 fully saturated rings. The number of benzene rings is 2. The molecule has 42 heavy (non-hydrogen) atoms. The lowest BCUT2D eigenvalue weighted by molar-refractivity contribution is 0.256. The zero-order valence-electron chi connectivity index (χ0n) is 25.3. The molecule has 0 aliphatic heterocycles. The predicted molar refractivity (Wildman–Crippen MR) is 172 cm³/mol. The first-order valence-corrected chi connectivity index (χ1v) is 14.5. The Labute approximate surface area is 248 Å². The van der Waals surface area contributed by atoms with Gasteiger partial charge in [-0.1, -0.05) is 65.5 Å². The maximum absolute atomic E-state index is 14.1. The quantitative estimate of drug-likeness (QED) is 0.196. The first-order chi connectivity index (χ1) is 20.1. The van der Waals surface area contributed by atoms with E-state index in [1.165, 1.54) is 0 Å². The minimum absolute atomic E-state index is 0.120. The van der Waals surface area contributed by atoms with Gasteiger partial charge in [-0.25, -0.2) is 9.78 Å². The molecule has 4 aromatic rings. The zero-order chi connectivity index (χ0) is 30.4. The summed E-state index contributed by atoms with van der Waals surface area (Å²) in [5.74, 6) is 6.28. The lowest BCUT2D eigenvalue weighted by Gasteiger charge is -2.27. The van der Waals surface area contributed by atoms with Crippen LogP contribution in [0.1, 0.15) is 76.5 Å². The maximum Gasteiger partial charge on any atom is 0.326 e. The normalized spacial score (nSPS) is 11.2. The van der Waals surface area contributed by atoms with Crippen LogP contribution in [0.4, 0.5) is 16.2 Å². The zero-order valence-corrected chi connectivity index (χ0v) is 25.3. The third-order valence-corrected chi connectivity index (χ3v) is 7.24. The third-order valence-electron chi connectivity index (χ3n) is 7.24. The summed E-state index contributed by atoms with van der Waals surface area (Å²) in [7, 11) is 0.